The van der Waals surface area contributed by atoms with Crippen molar-refractivity contribution in [3.63, 3.8) is 0 Å². The molecule has 1 aromatic carbocycles. The summed E-state index contributed by atoms with van der Waals surface area (Å²) in [5.41, 5.74) is 0.0835. The van der Waals surface area contributed by atoms with Crippen LogP contribution >= 0.6 is 0 Å². The third-order valence-electron chi connectivity index (χ3n) is 5.70. The Labute approximate surface area is 180 Å². The van der Waals surface area contributed by atoms with E-state index in [1.807, 2.05) is 30.3 Å². The standard InChI is InChI=1S/C22H25F3N2O3S/c23-22(24,25)18-11-12-19(27-16-18)31(29,30)21(13-5-2-6-14-21)20(28)26-15-7-10-17-8-3-1-4-9-17/h1,3-4,8-9,11-12,16H,2,5-7,10,13-15H2,(H,26,28). The topological polar surface area (TPSA) is 76.1 Å². The number of rotatable bonds is 7. The van der Waals surface area contributed by atoms with E-state index >= 15 is 0 Å². The molecule has 1 amide bonds. The van der Waals surface area contributed by atoms with Gasteiger partial charge < -0.3 is 5.32 Å². The van der Waals surface area contributed by atoms with Gasteiger partial charge in [-0.25, -0.2) is 13.4 Å². The van der Waals surface area contributed by atoms with Crippen LogP contribution in [0.2, 0.25) is 0 Å². The summed E-state index contributed by atoms with van der Waals surface area (Å²) in [7, 11) is -4.26. The van der Waals surface area contributed by atoms with E-state index in [1.165, 1.54) is 0 Å². The Morgan fingerprint density at radius 2 is 1.71 bits per heavy atom. The lowest BCUT2D eigenvalue weighted by atomic mass is 9.87. The number of nitrogens with zero attached hydrogens (tertiary/aromatic N) is 1. The smallest absolute Gasteiger partial charge is 0.355 e. The van der Waals surface area contributed by atoms with E-state index in [2.05, 4.69) is 10.3 Å². The maximum Gasteiger partial charge on any atom is 0.417 e. The molecular formula is C22H25F3N2O3S. The quantitative estimate of drug-likeness (QED) is 0.632. The molecule has 0 bridgehead atoms. The molecule has 5 nitrogen and oxygen atoms in total. The zero-order chi connectivity index (χ0) is 22.5. The normalized spacial score (nSPS) is 16.6. The first-order chi connectivity index (χ1) is 14.7. The molecule has 1 N–H and O–H groups in total. The van der Waals surface area contributed by atoms with Crippen molar-refractivity contribution >= 4 is 15.7 Å². The largest absolute Gasteiger partial charge is 0.417 e. The van der Waals surface area contributed by atoms with E-state index in [-0.39, 0.29) is 12.8 Å². The molecular weight excluding hydrogens is 429 g/mol. The summed E-state index contributed by atoms with van der Waals surface area (Å²) in [6.07, 6.45) is -0.570. The Morgan fingerprint density at radius 3 is 2.29 bits per heavy atom. The van der Waals surface area contributed by atoms with Crippen LogP contribution in [-0.4, -0.2) is 30.6 Å². The number of carbonyl (C=O) groups excluding carboxylic acids is 1. The molecule has 0 aliphatic heterocycles. The molecule has 1 aromatic heterocycles. The maximum atomic E-state index is 13.4. The Bertz CT molecular complexity index is 985. The molecule has 31 heavy (non-hydrogen) atoms. The van der Waals surface area contributed by atoms with Crippen molar-refractivity contribution in [3.8, 4) is 0 Å². The van der Waals surface area contributed by atoms with Crippen LogP contribution in [-0.2, 0) is 27.2 Å². The van der Waals surface area contributed by atoms with Crippen molar-refractivity contribution in [2.24, 2.45) is 0 Å². The van der Waals surface area contributed by atoms with E-state index in [4.69, 9.17) is 0 Å². The van der Waals surface area contributed by atoms with Crippen LogP contribution in [0.25, 0.3) is 0 Å². The number of aryl methyl sites for hydroxylation is 1. The third kappa shape index (κ3) is 5.08. The van der Waals surface area contributed by atoms with Gasteiger partial charge in [-0.3, -0.25) is 4.79 Å². The number of aromatic nitrogens is 1. The monoisotopic (exact) mass is 454 g/mol. The number of pyridine rings is 1. The highest BCUT2D eigenvalue weighted by atomic mass is 32.2. The number of nitrogens with one attached hydrogen (secondary N) is 1. The second kappa shape index (κ2) is 9.38. The number of benzene rings is 1. The Balaban J connectivity index is 1.76. The van der Waals surface area contributed by atoms with Crippen molar-refractivity contribution < 1.29 is 26.4 Å². The van der Waals surface area contributed by atoms with Crippen molar-refractivity contribution in [1.29, 1.82) is 0 Å². The van der Waals surface area contributed by atoms with Crippen LogP contribution in [0.4, 0.5) is 13.2 Å². The van der Waals surface area contributed by atoms with Gasteiger partial charge in [-0.05, 0) is 43.4 Å². The van der Waals surface area contributed by atoms with Crippen LogP contribution in [0.1, 0.15) is 49.7 Å². The summed E-state index contributed by atoms with van der Waals surface area (Å²) in [5.74, 6) is -0.595. The van der Waals surface area contributed by atoms with Gasteiger partial charge in [-0.1, -0.05) is 49.6 Å². The highest BCUT2D eigenvalue weighted by Gasteiger charge is 2.52. The highest BCUT2D eigenvalue weighted by Crippen LogP contribution is 2.39. The lowest BCUT2D eigenvalue weighted by Crippen LogP contribution is -2.54. The molecule has 1 heterocycles. The van der Waals surface area contributed by atoms with E-state index < -0.39 is 37.3 Å². The first-order valence-corrected chi connectivity index (χ1v) is 11.8. The zero-order valence-electron chi connectivity index (χ0n) is 17.0. The molecule has 0 atom stereocenters. The first kappa shape index (κ1) is 23.2. The predicted molar refractivity (Wildman–Crippen MR) is 110 cm³/mol. The molecule has 0 unspecified atom stereocenters. The number of alkyl halides is 3. The molecule has 1 saturated carbocycles. The number of hydrogen-bond donors (Lipinski definition) is 1. The molecule has 9 heteroatoms. The van der Waals surface area contributed by atoms with Crippen molar-refractivity contribution in [2.75, 3.05) is 6.54 Å². The molecule has 168 valence electrons. The van der Waals surface area contributed by atoms with Gasteiger partial charge in [-0.2, -0.15) is 13.2 Å². The summed E-state index contributed by atoms with van der Waals surface area (Å²) in [5, 5.41) is 2.25. The van der Waals surface area contributed by atoms with E-state index in [0.717, 1.165) is 24.5 Å². The molecule has 1 aliphatic carbocycles. The molecule has 0 spiro atoms. The molecule has 3 rings (SSSR count). The summed E-state index contributed by atoms with van der Waals surface area (Å²) < 4.78 is 63.5. The average Bonchev–Trinajstić information content (AvgIpc) is 2.77. The van der Waals surface area contributed by atoms with Gasteiger partial charge in [0.1, 0.15) is 0 Å². The predicted octanol–water partition coefficient (Wildman–Crippen LogP) is 4.33. The average molecular weight is 455 g/mol. The van der Waals surface area contributed by atoms with Crippen LogP contribution in [0.15, 0.2) is 53.7 Å². The van der Waals surface area contributed by atoms with Gasteiger partial charge in [0.25, 0.3) is 0 Å². The van der Waals surface area contributed by atoms with Crippen LogP contribution in [0.3, 0.4) is 0 Å². The SMILES string of the molecule is O=C(NCCCc1ccccc1)C1(S(=O)(=O)c2ccc(C(F)(F)F)cn2)CCCCC1. The Morgan fingerprint density at radius 1 is 1.03 bits per heavy atom. The molecule has 1 aliphatic rings. The van der Waals surface area contributed by atoms with Crippen molar-refractivity contribution in [3.05, 3.63) is 59.8 Å². The van der Waals surface area contributed by atoms with Crippen LogP contribution in [0.5, 0.6) is 0 Å². The minimum Gasteiger partial charge on any atom is -0.355 e. The third-order valence-corrected chi connectivity index (χ3v) is 8.11. The van der Waals surface area contributed by atoms with Gasteiger partial charge >= 0.3 is 6.18 Å². The number of hydrogen-bond acceptors (Lipinski definition) is 4. The number of halogens is 3. The summed E-state index contributed by atoms with van der Waals surface area (Å²) >= 11 is 0. The van der Waals surface area contributed by atoms with Crippen LogP contribution < -0.4 is 5.32 Å². The number of amides is 1. The molecule has 0 radical (unpaired) electrons. The summed E-state index contributed by atoms with van der Waals surface area (Å²) in [4.78, 5) is 16.6. The fourth-order valence-electron chi connectivity index (χ4n) is 3.95. The second-order valence-electron chi connectivity index (χ2n) is 7.79. The Hall–Kier alpha value is -2.42. The zero-order valence-corrected chi connectivity index (χ0v) is 17.8. The minimum absolute atomic E-state index is 0.128. The molecule has 2 aromatic rings. The van der Waals surface area contributed by atoms with Crippen molar-refractivity contribution in [1.82, 2.24) is 10.3 Å². The van der Waals surface area contributed by atoms with Gasteiger partial charge in [0.05, 0.1) is 5.56 Å². The summed E-state index contributed by atoms with van der Waals surface area (Å²) in [6.45, 7) is 0.311. The molecule has 1 fully saturated rings. The lowest BCUT2D eigenvalue weighted by molar-refractivity contribution is -0.138. The van der Waals surface area contributed by atoms with E-state index in [9.17, 15) is 26.4 Å². The highest BCUT2D eigenvalue weighted by molar-refractivity contribution is 7.93. The maximum absolute atomic E-state index is 13.4. The van der Waals surface area contributed by atoms with Gasteiger partial charge in [0.15, 0.2) is 9.77 Å². The minimum atomic E-state index is -4.62. The first-order valence-electron chi connectivity index (χ1n) is 10.3. The molecule has 0 saturated heterocycles. The second-order valence-corrected chi connectivity index (χ2v) is 9.99. The van der Waals surface area contributed by atoms with Crippen LogP contribution in [0, 0.1) is 0 Å². The number of sulfone groups is 1. The fraction of sp³-hybridized carbons (Fsp3) is 0.455. The summed E-state index contributed by atoms with van der Waals surface area (Å²) in [6, 6.07) is 11.3. The lowest BCUT2D eigenvalue weighted by Gasteiger charge is -2.34. The van der Waals surface area contributed by atoms with Gasteiger partial charge in [-0.15, -0.1) is 0 Å². The van der Waals surface area contributed by atoms with Gasteiger partial charge in [0, 0.05) is 12.7 Å². The van der Waals surface area contributed by atoms with Gasteiger partial charge in [0.2, 0.25) is 15.7 Å². The Kier molecular flexibility index (Phi) is 7.03. The van der Waals surface area contributed by atoms with E-state index in [0.29, 0.717) is 38.1 Å². The number of carbonyl (C=O) groups is 1. The van der Waals surface area contributed by atoms with E-state index in [1.54, 1.807) is 0 Å². The van der Waals surface area contributed by atoms with Crippen molar-refractivity contribution in [2.45, 2.75) is 60.9 Å². The fourth-order valence-corrected chi connectivity index (χ4v) is 5.93.